The first kappa shape index (κ1) is 19.2. The predicted molar refractivity (Wildman–Crippen MR) is 94.6 cm³/mol. The highest BCUT2D eigenvalue weighted by Crippen LogP contribution is 2.24. The number of ether oxygens (including phenoxy) is 2. The largest absolute Gasteiger partial charge is 0.494 e. The van der Waals surface area contributed by atoms with Gasteiger partial charge in [0.2, 0.25) is 0 Å². The van der Waals surface area contributed by atoms with Gasteiger partial charge in [-0.05, 0) is 43.3 Å². The van der Waals surface area contributed by atoms with Crippen LogP contribution < -0.4 is 10.1 Å². The molecule has 1 amide bonds. The van der Waals surface area contributed by atoms with Gasteiger partial charge < -0.3 is 14.8 Å². The minimum atomic E-state index is -0.991. The second-order valence-electron chi connectivity index (χ2n) is 5.00. The summed E-state index contributed by atoms with van der Waals surface area (Å²) in [6, 6.07) is 10.2. The SMILES string of the molecule is CCOc1ccc(NC(=O)COC(=O)c2ccc(Cl)cc2[N+](=O)[O-])cc1. The maximum atomic E-state index is 12.0. The molecule has 0 heterocycles. The first-order valence-electron chi connectivity index (χ1n) is 7.54. The van der Waals surface area contributed by atoms with Crippen LogP contribution in [0.15, 0.2) is 42.5 Å². The van der Waals surface area contributed by atoms with E-state index >= 15 is 0 Å². The van der Waals surface area contributed by atoms with Gasteiger partial charge in [-0.3, -0.25) is 14.9 Å². The van der Waals surface area contributed by atoms with Gasteiger partial charge in [0.1, 0.15) is 11.3 Å². The van der Waals surface area contributed by atoms with Crippen LogP contribution in [-0.2, 0) is 9.53 Å². The van der Waals surface area contributed by atoms with E-state index in [1.54, 1.807) is 24.3 Å². The van der Waals surface area contributed by atoms with Crippen molar-refractivity contribution < 1.29 is 24.0 Å². The molecule has 2 aromatic carbocycles. The Morgan fingerprint density at radius 1 is 1.19 bits per heavy atom. The highest BCUT2D eigenvalue weighted by molar-refractivity contribution is 6.31. The van der Waals surface area contributed by atoms with Crippen molar-refractivity contribution in [2.45, 2.75) is 6.92 Å². The van der Waals surface area contributed by atoms with Crippen LogP contribution in [-0.4, -0.2) is 30.0 Å². The number of amides is 1. The fourth-order valence-electron chi connectivity index (χ4n) is 2.04. The molecule has 2 rings (SSSR count). The highest BCUT2D eigenvalue weighted by Gasteiger charge is 2.22. The molecular weight excluding hydrogens is 364 g/mol. The lowest BCUT2D eigenvalue weighted by Gasteiger charge is -2.08. The molecule has 0 saturated carbocycles. The number of nitrogens with zero attached hydrogens (tertiary/aromatic N) is 1. The Morgan fingerprint density at radius 3 is 2.50 bits per heavy atom. The molecule has 136 valence electrons. The molecule has 2 aromatic rings. The van der Waals surface area contributed by atoms with Gasteiger partial charge in [0.25, 0.3) is 11.6 Å². The van der Waals surface area contributed by atoms with Crippen molar-refractivity contribution in [3.63, 3.8) is 0 Å². The quantitative estimate of drug-likeness (QED) is 0.449. The van der Waals surface area contributed by atoms with E-state index in [1.165, 1.54) is 12.1 Å². The molecule has 0 saturated heterocycles. The summed E-state index contributed by atoms with van der Waals surface area (Å²) < 4.78 is 10.1. The van der Waals surface area contributed by atoms with Gasteiger partial charge in [0.15, 0.2) is 6.61 Å². The molecule has 0 bridgehead atoms. The summed E-state index contributed by atoms with van der Waals surface area (Å²) in [6.45, 7) is 1.79. The van der Waals surface area contributed by atoms with Crippen LogP contribution in [0.5, 0.6) is 5.75 Å². The second-order valence-corrected chi connectivity index (χ2v) is 5.44. The van der Waals surface area contributed by atoms with Crippen LogP contribution in [0.4, 0.5) is 11.4 Å². The van der Waals surface area contributed by atoms with E-state index in [0.717, 1.165) is 6.07 Å². The second kappa shape index (κ2) is 8.82. The fourth-order valence-corrected chi connectivity index (χ4v) is 2.20. The minimum Gasteiger partial charge on any atom is -0.494 e. The lowest BCUT2D eigenvalue weighted by molar-refractivity contribution is -0.385. The van der Waals surface area contributed by atoms with Crippen LogP contribution in [0.2, 0.25) is 5.02 Å². The van der Waals surface area contributed by atoms with Crippen molar-refractivity contribution in [3.05, 3.63) is 63.2 Å². The molecule has 0 aliphatic carbocycles. The minimum absolute atomic E-state index is 0.112. The number of anilines is 1. The number of hydrogen-bond donors (Lipinski definition) is 1. The summed E-state index contributed by atoms with van der Waals surface area (Å²) in [5.74, 6) is -0.915. The number of nitro benzene ring substituents is 1. The van der Waals surface area contributed by atoms with Crippen molar-refractivity contribution >= 4 is 34.9 Å². The Labute approximate surface area is 153 Å². The Balaban J connectivity index is 1.95. The molecule has 0 radical (unpaired) electrons. The molecule has 0 aliphatic heterocycles. The molecule has 0 atom stereocenters. The topological polar surface area (TPSA) is 108 Å². The smallest absolute Gasteiger partial charge is 0.345 e. The summed E-state index contributed by atoms with van der Waals surface area (Å²) in [5, 5.41) is 13.6. The first-order valence-corrected chi connectivity index (χ1v) is 7.92. The Morgan fingerprint density at radius 2 is 1.88 bits per heavy atom. The lowest BCUT2D eigenvalue weighted by atomic mass is 10.2. The molecule has 1 N–H and O–H groups in total. The molecule has 8 nitrogen and oxygen atoms in total. The standard InChI is InChI=1S/C17H15ClN2O6/c1-2-25-13-6-4-12(5-7-13)19-16(21)10-26-17(22)14-8-3-11(18)9-15(14)20(23)24/h3-9H,2,10H2,1H3,(H,19,21). The van der Waals surface area contributed by atoms with Crippen molar-refractivity contribution in [2.75, 3.05) is 18.5 Å². The van der Waals surface area contributed by atoms with Crippen molar-refractivity contribution in [3.8, 4) is 5.75 Å². The summed E-state index contributed by atoms with van der Waals surface area (Å²) in [5.41, 5.74) is -0.283. The third-order valence-corrected chi connectivity index (χ3v) is 3.39. The Hall–Kier alpha value is -3.13. The highest BCUT2D eigenvalue weighted by atomic mass is 35.5. The molecule has 0 unspecified atom stereocenters. The van der Waals surface area contributed by atoms with Gasteiger partial charge in [-0.1, -0.05) is 11.6 Å². The molecule has 0 fully saturated rings. The van der Waals surface area contributed by atoms with Gasteiger partial charge in [-0.2, -0.15) is 0 Å². The van der Waals surface area contributed by atoms with Crippen molar-refractivity contribution in [2.24, 2.45) is 0 Å². The van der Waals surface area contributed by atoms with Crippen molar-refractivity contribution in [1.29, 1.82) is 0 Å². The van der Waals surface area contributed by atoms with E-state index in [-0.39, 0.29) is 10.6 Å². The monoisotopic (exact) mass is 378 g/mol. The zero-order valence-electron chi connectivity index (χ0n) is 13.7. The summed E-state index contributed by atoms with van der Waals surface area (Å²) in [6.07, 6.45) is 0. The zero-order chi connectivity index (χ0) is 19.1. The lowest BCUT2D eigenvalue weighted by Crippen LogP contribution is -2.21. The molecular formula is C17H15ClN2O6. The number of esters is 1. The van der Waals surface area contributed by atoms with E-state index in [4.69, 9.17) is 21.1 Å². The average Bonchev–Trinajstić information content (AvgIpc) is 2.61. The number of nitrogens with one attached hydrogen (secondary N) is 1. The number of nitro groups is 1. The number of hydrogen-bond acceptors (Lipinski definition) is 6. The van der Waals surface area contributed by atoms with Crippen LogP contribution >= 0.6 is 11.6 Å². The first-order chi connectivity index (χ1) is 12.4. The van der Waals surface area contributed by atoms with Gasteiger partial charge in [0, 0.05) is 16.8 Å². The molecule has 0 spiro atoms. The van der Waals surface area contributed by atoms with Gasteiger partial charge in [0.05, 0.1) is 11.5 Å². The summed E-state index contributed by atoms with van der Waals surface area (Å²) in [7, 11) is 0. The third kappa shape index (κ3) is 5.18. The van der Waals surface area contributed by atoms with E-state index in [1.807, 2.05) is 6.92 Å². The van der Waals surface area contributed by atoms with Gasteiger partial charge in [-0.15, -0.1) is 0 Å². The Kier molecular flexibility index (Phi) is 6.51. The number of benzene rings is 2. The Bertz CT molecular complexity index is 823. The zero-order valence-corrected chi connectivity index (χ0v) is 14.5. The average molecular weight is 379 g/mol. The molecule has 0 aromatic heterocycles. The number of carbonyl (C=O) groups excluding carboxylic acids is 2. The van der Waals surface area contributed by atoms with Crippen molar-refractivity contribution in [1.82, 2.24) is 0 Å². The normalized spacial score (nSPS) is 10.1. The van der Waals surface area contributed by atoms with Gasteiger partial charge in [-0.25, -0.2) is 4.79 Å². The molecule has 0 aliphatic rings. The third-order valence-electron chi connectivity index (χ3n) is 3.16. The van der Waals surface area contributed by atoms with Crippen LogP contribution in [0.3, 0.4) is 0 Å². The molecule has 9 heteroatoms. The van der Waals surface area contributed by atoms with Crippen LogP contribution in [0, 0.1) is 10.1 Å². The van der Waals surface area contributed by atoms with E-state index in [0.29, 0.717) is 18.0 Å². The number of carbonyl (C=O) groups is 2. The van der Waals surface area contributed by atoms with E-state index in [2.05, 4.69) is 5.32 Å². The van der Waals surface area contributed by atoms with Gasteiger partial charge >= 0.3 is 5.97 Å². The van der Waals surface area contributed by atoms with E-state index in [9.17, 15) is 19.7 Å². The van der Waals surface area contributed by atoms with E-state index < -0.39 is 29.1 Å². The molecule has 26 heavy (non-hydrogen) atoms. The summed E-state index contributed by atoms with van der Waals surface area (Å²) in [4.78, 5) is 34.1. The van der Waals surface area contributed by atoms with Crippen LogP contribution in [0.1, 0.15) is 17.3 Å². The maximum Gasteiger partial charge on any atom is 0.345 e. The maximum absolute atomic E-state index is 12.0. The number of halogens is 1. The summed E-state index contributed by atoms with van der Waals surface area (Å²) >= 11 is 5.68. The predicted octanol–water partition coefficient (Wildman–Crippen LogP) is 3.44. The number of rotatable bonds is 7. The van der Waals surface area contributed by atoms with Crippen LogP contribution in [0.25, 0.3) is 0 Å². The fraction of sp³-hybridized carbons (Fsp3) is 0.176.